The van der Waals surface area contributed by atoms with Crippen LogP contribution in [-0.2, 0) is 14.9 Å². The van der Waals surface area contributed by atoms with Crippen LogP contribution in [0.25, 0.3) is 9.40 Å². The van der Waals surface area contributed by atoms with Gasteiger partial charge in [0.1, 0.15) is 16.4 Å². The second-order valence-electron chi connectivity index (χ2n) is 9.33. The summed E-state index contributed by atoms with van der Waals surface area (Å²) in [5, 5.41) is 13.0. The molecule has 2 fully saturated rings. The lowest BCUT2D eigenvalue weighted by Gasteiger charge is -2.15. The zero-order chi connectivity index (χ0) is 25.7. The van der Waals surface area contributed by atoms with Gasteiger partial charge in [0.2, 0.25) is 0 Å². The van der Waals surface area contributed by atoms with Crippen molar-refractivity contribution < 1.29 is 19.4 Å². The molecule has 37 heavy (non-hydrogen) atoms. The van der Waals surface area contributed by atoms with Gasteiger partial charge in [0.25, 0.3) is 0 Å². The van der Waals surface area contributed by atoms with Crippen molar-refractivity contribution >= 4 is 73.0 Å². The third-order valence-electron chi connectivity index (χ3n) is 6.67. The van der Waals surface area contributed by atoms with E-state index < -0.39 is 23.6 Å². The maximum Gasteiger partial charge on any atom is 0.412 e. The first-order valence-corrected chi connectivity index (χ1v) is 14.6. The number of nitrogens with one attached hydrogen (secondary N) is 1. The Balaban J connectivity index is 1.21. The van der Waals surface area contributed by atoms with Crippen molar-refractivity contribution in [2.45, 2.75) is 50.0 Å². The van der Waals surface area contributed by atoms with Crippen LogP contribution < -0.4 is 5.32 Å². The molecule has 6 rings (SSSR count). The van der Waals surface area contributed by atoms with Crippen LogP contribution in [-0.4, -0.2) is 21.5 Å². The number of nitrogens with zero attached hydrogens (tertiary/aromatic N) is 1. The predicted molar refractivity (Wildman–Crippen MR) is 148 cm³/mol. The van der Waals surface area contributed by atoms with E-state index in [0.29, 0.717) is 34.3 Å². The molecule has 0 spiro atoms. The van der Waals surface area contributed by atoms with Crippen LogP contribution in [0, 0.1) is 11.8 Å². The van der Waals surface area contributed by atoms with Crippen molar-refractivity contribution in [3.05, 3.63) is 67.3 Å². The number of carbonyl (C=O) groups is 2. The number of rotatable bonds is 6. The van der Waals surface area contributed by atoms with E-state index in [2.05, 4.69) is 21.5 Å². The molecule has 3 heterocycles. The van der Waals surface area contributed by atoms with E-state index in [0.717, 1.165) is 43.3 Å². The SMILES string of the molecule is CC(OC(=O)Nc1c(C2CC2)nsc1C#Cc1cc2sc(C3(C(=O)O)CC3)cc2s1)c1ccccc1Cl. The van der Waals surface area contributed by atoms with Gasteiger partial charge >= 0.3 is 12.1 Å². The lowest BCUT2D eigenvalue weighted by Crippen LogP contribution is -2.17. The number of anilines is 1. The van der Waals surface area contributed by atoms with Gasteiger partial charge in [0, 0.05) is 30.8 Å². The van der Waals surface area contributed by atoms with Crippen LogP contribution >= 0.6 is 45.8 Å². The first-order valence-electron chi connectivity index (χ1n) is 11.8. The molecular formula is C27H21ClN2O4S3. The van der Waals surface area contributed by atoms with Crippen LogP contribution in [0.1, 0.15) is 70.5 Å². The Morgan fingerprint density at radius 3 is 2.62 bits per heavy atom. The van der Waals surface area contributed by atoms with E-state index in [9.17, 15) is 14.7 Å². The Hall–Kier alpha value is -2.90. The molecule has 188 valence electrons. The Bertz CT molecular complexity index is 1570. The average Bonchev–Trinajstić information content (AvgIpc) is 3.75. The smallest absolute Gasteiger partial charge is 0.412 e. The summed E-state index contributed by atoms with van der Waals surface area (Å²) in [7, 11) is 0. The topological polar surface area (TPSA) is 88.5 Å². The molecule has 0 aliphatic heterocycles. The number of carboxylic acids is 1. The van der Waals surface area contributed by atoms with Crippen LogP contribution in [0.2, 0.25) is 5.02 Å². The monoisotopic (exact) mass is 568 g/mol. The molecule has 6 nitrogen and oxygen atoms in total. The van der Waals surface area contributed by atoms with E-state index in [1.54, 1.807) is 24.3 Å². The number of halogens is 1. The molecule has 2 aliphatic carbocycles. The molecule has 0 radical (unpaired) electrons. The number of hydrogen-bond donors (Lipinski definition) is 2. The molecule has 2 saturated carbocycles. The summed E-state index contributed by atoms with van der Waals surface area (Å²) in [5.41, 5.74) is 1.53. The summed E-state index contributed by atoms with van der Waals surface area (Å²) in [5.74, 6) is 6.00. The van der Waals surface area contributed by atoms with Crippen molar-refractivity contribution in [3.8, 4) is 11.8 Å². The van der Waals surface area contributed by atoms with Gasteiger partial charge in [-0.1, -0.05) is 29.8 Å². The van der Waals surface area contributed by atoms with E-state index in [1.165, 1.54) is 22.9 Å². The normalized spacial score (nSPS) is 16.6. The molecule has 1 amide bonds. The number of hydrogen-bond acceptors (Lipinski definition) is 7. The van der Waals surface area contributed by atoms with Gasteiger partial charge in [0.05, 0.1) is 16.3 Å². The number of benzene rings is 1. The van der Waals surface area contributed by atoms with Crippen LogP contribution in [0.4, 0.5) is 10.5 Å². The lowest BCUT2D eigenvalue weighted by molar-refractivity contribution is -0.139. The Morgan fingerprint density at radius 1 is 1.19 bits per heavy atom. The minimum atomic E-state index is -0.738. The summed E-state index contributed by atoms with van der Waals surface area (Å²) in [4.78, 5) is 26.9. The fourth-order valence-electron chi connectivity index (χ4n) is 4.25. The highest BCUT2D eigenvalue weighted by Crippen LogP contribution is 2.52. The van der Waals surface area contributed by atoms with Crippen molar-refractivity contribution in [2.24, 2.45) is 0 Å². The Morgan fingerprint density at radius 2 is 1.95 bits per heavy atom. The van der Waals surface area contributed by atoms with Crippen molar-refractivity contribution in [1.29, 1.82) is 0 Å². The van der Waals surface area contributed by atoms with Crippen molar-refractivity contribution in [3.63, 3.8) is 0 Å². The molecule has 1 unspecified atom stereocenters. The summed E-state index contributed by atoms with van der Waals surface area (Å²) >= 11 is 10.6. The fourth-order valence-corrected chi connectivity index (χ4v) is 7.80. The third-order valence-corrected chi connectivity index (χ3v) is 10.2. The molecule has 2 aliphatic rings. The van der Waals surface area contributed by atoms with Crippen LogP contribution in [0.5, 0.6) is 0 Å². The number of fused-ring (bicyclic) bond motifs is 1. The fraction of sp³-hybridized carbons (Fsp3) is 0.296. The predicted octanol–water partition coefficient (Wildman–Crippen LogP) is 7.78. The van der Waals surface area contributed by atoms with Crippen molar-refractivity contribution in [2.75, 3.05) is 5.32 Å². The van der Waals surface area contributed by atoms with Gasteiger partial charge < -0.3 is 9.84 Å². The minimum Gasteiger partial charge on any atom is -0.481 e. The standard InChI is InChI=1S/C27H21ClN2O4S3/c1-14(17-4-2-3-5-18(17)28)34-26(33)29-24-19(37-30-23(24)15-6-7-15)9-8-16-12-20-21(35-16)13-22(36-20)27(10-11-27)25(31)32/h2-5,12-15H,6-7,10-11H2,1H3,(H,29,33)(H,31,32). The first kappa shape index (κ1) is 24.4. The molecule has 4 aromatic rings. The summed E-state index contributed by atoms with van der Waals surface area (Å²) < 4.78 is 12.3. The molecule has 3 aromatic heterocycles. The summed E-state index contributed by atoms with van der Waals surface area (Å²) in [6.45, 7) is 1.78. The average molecular weight is 569 g/mol. The minimum absolute atomic E-state index is 0.331. The van der Waals surface area contributed by atoms with Crippen LogP contribution in [0.3, 0.4) is 0 Å². The highest BCUT2D eigenvalue weighted by atomic mass is 35.5. The van der Waals surface area contributed by atoms with Crippen molar-refractivity contribution in [1.82, 2.24) is 4.37 Å². The molecular weight excluding hydrogens is 548 g/mol. The van der Waals surface area contributed by atoms with E-state index >= 15 is 0 Å². The van der Waals surface area contributed by atoms with Gasteiger partial charge in [-0.2, -0.15) is 4.37 Å². The largest absolute Gasteiger partial charge is 0.481 e. The molecule has 1 aromatic carbocycles. The van der Waals surface area contributed by atoms with Gasteiger partial charge in [-0.05, 0) is 74.2 Å². The maximum absolute atomic E-state index is 12.8. The van der Waals surface area contributed by atoms with Gasteiger partial charge in [-0.15, -0.1) is 22.7 Å². The third kappa shape index (κ3) is 4.75. The molecule has 0 bridgehead atoms. The lowest BCUT2D eigenvalue weighted by atomic mass is 10.1. The first-order chi connectivity index (χ1) is 17.8. The number of carboxylic acid groups (broad SMARTS) is 1. The number of ether oxygens (including phenoxy) is 1. The Labute approximate surface area is 230 Å². The van der Waals surface area contributed by atoms with E-state index in [-0.39, 0.29) is 0 Å². The summed E-state index contributed by atoms with van der Waals surface area (Å²) in [6, 6.07) is 11.3. The number of thiophene rings is 2. The van der Waals surface area contributed by atoms with Crippen LogP contribution in [0.15, 0.2) is 36.4 Å². The second-order valence-corrected chi connectivity index (χ2v) is 12.7. The van der Waals surface area contributed by atoms with Gasteiger partial charge in [-0.3, -0.25) is 10.1 Å². The van der Waals surface area contributed by atoms with Gasteiger partial charge in [0.15, 0.2) is 0 Å². The second kappa shape index (κ2) is 9.44. The zero-order valence-electron chi connectivity index (χ0n) is 19.7. The number of carbonyl (C=O) groups excluding carboxylic acids is 1. The highest BCUT2D eigenvalue weighted by molar-refractivity contribution is 7.28. The molecule has 2 N–H and O–H groups in total. The summed E-state index contributed by atoms with van der Waals surface area (Å²) in [6.07, 6.45) is 2.39. The highest BCUT2D eigenvalue weighted by Gasteiger charge is 2.53. The van der Waals surface area contributed by atoms with Gasteiger partial charge in [-0.25, -0.2) is 4.79 Å². The van der Waals surface area contributed by atoms with E-state index in [4.69, 9.17) is 16.3 Å². The maximum atomic E-state index is 12.8. The van der Waals surface area contributed by atoms with E-state index in [1.807, 2.05) is 30.3 Å². The molecule has 0 saturated heterocycles. The Kier molecular flexibility index (Phi) is 6.24. The molecule has 10 heteroatoms. The number of aromatic nitrogens is 1. The number of aliphatic carboxylic acids is 1. The zero-order valence-corrected chi connectivity index (χ0v) is 22.9. The number of amides is 1. The molecule has 1 atom stereocenters. The quantitative estimate of drug-likeness (QED) is 0.232.